The molecule has 0 unspecified atom stereocenters. The standard InChI is InChI=1S/C24H26N2O3/c27-22(25-12-9-18-5-1-2-6-19(18)16-25)15-24(10-13-29-14-11-24)26-17-20-7-3-4-8-21(20)23(26)28/h1-8H,9-17H2. The van der Waals surface area contributed by atoms with Crippen molar-refractivity contribution in [1.82, 2.24) is 9.80 Å². The third kappa shape index (κ3) is 3.23. The topological polar surface area (TPSA) is 49.9 Å². The molecule has 3 aliphatic heterocycles. The fourth-order valence-corrected chi connectivity index (χ4v) is 5.03. The molecule has 150 valence electrons. The number of benzene rings is 2. The van der Waals surface area contributed by atoms with Crippen molar-refractivity contribution >= 4 is 11.8 Å². The van der Waals surface area contributed by atoms with Crippen molar-refractivity contribution in [1.29, 1.82) is 0 Å². The summed E-state index contributed by atoms with van der Waals surface area (Å²) in [5.41, 5.74) is 3.95. The van der Waals surface area contributed by atoms with Crippen LogP contribution in [0.4, 0.5) is 0 Å². The molecular weight excluding hydrogens is 364 g/mol. The molecular formula is C24H26N2O3. The molecule has 2 amide bonds. The highest BCUT2D eigenvalue weighted by molar-refractivity contribution is 5.99. The summed E-state index contributed by atoms with van der Waals surface area (Å²) in [6.07, 6.45) is 2.69. The third-order valence-corrected chi connectivity index (χ3v) is 6.78. The van der Waals surface area contributed by atoms with E-state index >= 15 is 0 Å². The molecule has 5 nitrogen and oxygen atoms in total. The van der Waals surface area contributed by atoms with E-state index in [4.69, 9.17) is 4.74 Å². The highest BCUT2D eigenvalue weighted by Crippen LogP contribution is 2.38. The van der Waals surface area contributed by atoms with Crippen LogP contribution in [0.5, 0.6) is 0 Å². The number of amides is 2. The van der Waals surface area contributed by atoms with E-state index in [2.05, 4.69) is 18.2 Å². The van der Waals surface area contributed by atoms with Gasteiger partial charge in [-0.25, -0.2) is 0 Å². The SMILES string of the molecule is O=C(CC1(N2Cc3ccccc3C2=O)CCOCC1)N1CCc2ccccc2C1. The van der Waals surface area contributed by atoms with Crippen molar-refractivity contribution in [3.63, 3.8) is 0 Å². The van der Waals surface area contributed by atoms with Gasteiger partial charge in [-0.1, -0.05) is 42.5 Å². The van der Waals surface area contributed by atoms with E-state index < -0.39 is 5.54 Å². The van der Waals surface area contributed by atoms with Crippen LogP contribution < -0.4 is 0 Å². The largest absolute Gasteiger partial charge is 0.381 e. The minimum atomic E-state index is -0.456. The zero-order valence-electron chi connectivity index (χ0n) is 16.6. The second kappa shape index (κ2) is 7.30. The van der Waals surface area contributed by atoms with Gasteiger partial charge in [0.2, 0.25) is 5.91 Å². The van der Waals surface area contributed by atoms with Gasteiger partial charge in [0.15, 0.2) is 0 Å². The lowest BCUT2D eigenvalue weighted by Crippen LogP contribution is -2.55. The molecule has 0 N–H and O–H groups in total. The fourth-order valence-electron chi connectivity index (χ4n) is 5.03. The Morgan fingerprint density at radius 2 is 1.62 bits per heavy atom. The van der Waals surface area contributed by atoms with Crippen LogP contribution >= 0.6 is 0 Å². The highest BCUT2D eigenvalue weighted by atomic mass is 16.5. The lowest BCUT2D eigenvalue weighted by molar-refractivity contribution is -0.137. The van der Waals surface area contributed by atoms with Crippen molar-refractivity contribution in [3.05, 3.63) is 70.8 Å². The van der Waals surface area contributed by atoms with E-state index in [-0.39, 0.29) is 11.8 Å². The summed E-state index contributed by atoms with van der Waals surface area (Å²) < 4.78 is 5.61. The molecule has 3 heterocycles. The number of rotatable bonds is 3. The molecule has 0 atom stereocenters. The van der Waals surface area contributed by atoms with Gasteiger partial charge in [-0.2, -0.15) is 0 Å². The molecule has 0 aromatic heterocycles. The van der Waals surface area contributed by atoms with Crippen molar-refractivity contribution < 1.29 is 14.3 Å². The molecule has 0 saturated carbocycles. The molecule has 5 rings (SSSR count). The molecule has 3 aliphatic rings. The van der Waals surface area contributed by atoms with Gasteiger partial charge in [0.05, 0.1) is 12.0 Å². The first kappa shape index (κ1) is 18.4. The maximum absolute atomic E-state index is 13.4. The Hall–Kier alpha value is -2.66. The normalized spacial score (nSPS) is 20.3. The summed E-state index contributed by atoms with van der Waals surface area (Å²) in [4.78, 5) is 30.5. The number of hydrogen-bond donors (Lipinski definition) is 0. The number of ether oxygens (including phenoxy) is 1. The smallest absolute Gasteiger partial charge is 0.254 e. The molecule has 29 heavy (non-hydrogen) atoms. The number of carbonyl (C=O) groups excluding carboxylic acids is 2. The van der Waals surface area contributed by atoms with Crippen LogP contribution in [0, 0.1) is 0 Å². The summed E-state index contributed by atoms with van der Waals surface area (Å²) in [5.74, 6) is 0.199. The fraction of sp³-hybridized carbons (Fsp3) is 0.417. The van der Waals surface area contributed by atoms with E-state index in [1.165, 1.54) is 11.1 Å². The Morgan fingerprint density at radius 3 is 2.38 bits per heavy atom. The first-order valence-electron chi connectivity index (χ1n) is 10.5. The number of fused-ring (bicyclic) bond motifs is 2. The van der Waals surface area contributed by atoms with Gasteiger partial charge in [-0.3, -0.25) is 9.59 Å². The number of carbonyl (C=O) groups is 2. The Balaban J connectivity index is 1.38. The molecule has 0 bridgehead atoms. The Morgan fingerprint density at radius 1 is 0.931 bits per heavy atom. The molecule has 0 spiro atoms. The lowest BCUT2D eigenvalue weighted by atomic mass is 9.83. The average molecular weight is 390 g/mol. The minimum Gasteiger partial charge on any atom is -0.381 e. The predicted molar refractivity (Wildman–Crippen MR) is 109 cm³/mol. The van der Waals surface area contributed by atoms with Crippen LogP contribution in [0.3, 0.4) is 0 Å². The summed E-state index contributed by atoms with van der Waals surface area (Å²) in [5, 5.41) is 0. The van der Waals surface area contributed by atoms with Crippen LogP contribution in [0.15, 0.2) is 48.5 Å². The molecule has 0 radical (unpaired) electrons. The van der Waals surface area contributed by atoms with Gasteiger partial charge in [0.25, 0.3) is 5.91 Å². The summed E-state index contributed by atoms with van der Waals surface area (Å²) in [6.45, 7) is 3.18. The van der Waals surface area contributed by atoms with E-state index in [0.29, 0.717) is 45.6 Å². The van der Waals surface area contributed by atoms with Gasteiger partial charge in [0, 0.05) is 38.4 Å². The van der Waals surface area contributed by atoms with Gasteiger partial charge in [-0.05, 0) is 42.0 Å². The Bertz CT molecular complexity index is 949. The van der Waals surface area contributed by atoms with Crippen LogP contribution in [0.2, 0.25) is 0 Å². The van der Waals surface area contributed by atoms with E-state index in [0.717, 1.165) is 24.1 Å². The van der Waals surface area contributed by atoms with Crippen molar-refractivity contribution in [2.24, 2.45) is 0 Å². The van der Waals surface area contributed by atoms with Crippen molar-refractivity contribution in [2.45, 2.75) is 44.3 Å². The van der Waals surface area contributed by atoms with Crippen LogP contribution in [0.1, 0.15) is 46.3 Å². The van der Waals surface area contributed by atoms with Gasteiger partial charge in [0.1, 0.15) is 0 Å². The Labute approximate surface area is 171 Å². The summed E-state index contributed by atoms with van der Waals surface area (Å²) in [7, 11) is 0. The van der Waals surface area contributed by atoms with Crippen LogP contribution in [0.25, 0.3) is 0 Å². The van der Waals surface area contributed by atoms with E-state index in [1.807, 2.05) is 40.1 Å². The average Bonchev–Trinajstić information content (AvgIpc) is 3.11. The molecule has 2 aromatic carbocycles. The van der Waals surface area contributed by atoms with Gasteiger partial charge in [-0.15, -0.1) is 0 Å². The van der Waals surface area contributed by atoms with Gasteiger partial charge >= 0.3 is 0 Å². The number of hydrogen-bond acceptors (Lipinski definition) is 3. The van der Waals surface area contributed by atoms with E-state index in [1.54, 1.807) is 0 Å². The molecule has 5 heteroatoms. The number of nitrogens with zero attached hydrogens (tertiary/aromatic N) is 2. The first-order chi connectivity index (χ1) is 14.2. The monoisotopic (exact) mass is 390 g/mol. The summed E-state index contributed by atoms with van der Waals surface area (Å²) in [6, 6.07) is 16.2. The molecule has 1 saturated heterocycles. The zero-order chi connectivity index (χ0) is 19.8. The summed E-state index contributed by atoms with van der Waals surface area (Å²) >= 11 is 0. The maximum Gasteiger partial charge on any atom is 0.254 e. The molecule has 1 fully saturated rings. The highest BCUT2D eigenvalue weighted by Gasteiger charge is 2.46. The molecule has 2 aromatic rings. The minimum absolute atomic E-state index is 0.0549. The zero-order valence-corrected chi connectivity index (χ0v) is 16.6. The first-order valence-corrected chi connectivity index (χ1v) is 10.5. The second-order valence-electron chi connectivity index (χ2n) is 8.40. The Kier molecular flexibility index (Phi) is 4.63. The van der Waals surface area contributed by atoms with Crippen molar-refractivity contribution in [2.75, 3.05) is 19.8 Å². The quantitative estimate of drug-likeness (QED) is 0.809. The van der Waals surface area contributed by atoms with Crippen molar-refractivity contribution in [3.8, 4) is 0 Å². The third-order valence-electron chi connectivity index (χ3n) is 6.78. The predicted octanol–water partition coefficient (Wildman–Crippen LogP) is 3.17. The van der Waals surface area contributed by atoms with Gasteiger partial charge < -0.3 is 14.5 Å². The van der Waals surface area contributed by atoms with Crippen LogP contribution in [-0.2, 0) is 29.0 Å². The molecule has 0 aliphatic carbocycles. The second-order valence-corrected chi connectivity index (χ2v) is 8.40. The maximum atomic E-state index is 13.4. The van der Waals surface area contributed by atoms with E-state index in [9.17, 15) is 9.59 Å². The lowest BCUT2D eigenvalue weighted by Gasteiger charge is -2.45. The van der Waals surface area contributed by atoms with Crippen LogP contribution in [-0.4, -0.2) is 46.9 Å².